The van der Waals surface area contributed by atoms with Crippen LogP contribution in [0.25, 0.3) is 0 Å². The Morgan fingerprint density at radius 3 is 2.76 bits per heavy atom. The van der Waals surface area contributed by atoms with Crippen molar-refractivity contribution in [3.8, 4) is 0 Å². The number of nitrogens with zero attached hydrogens (tertiary/aromatic N) is 1. The third-order valence-electron chi connectivity index (χ3n) is 3.71. The van der Waals surface area contributed by atoms with Crippen LogP contribution in [0.4, 0.5) is 4.39 Å². The number of benzene rings is 1. The largest absolute Gasteiger partial charge is 0.318 e. The number of likely N-dealkylation sites (tertiary alicyclic amines) is 1. The fraction of sp³-hybridized carbons (Fsp3) is 0.571. The first kappa shape index (κ1) is 12.5. The zero-order valence-electron chi connectivity index (χ0n) is 10.6. The Labute approximate surface area is 103 Å². The van der Waals surface area contributed by atoms with Crippen molar-refractivity contribution in [2.75, 3.05) is 20.1 Å². The molecule has 3 heteroatoms. The van der Waals surface area contributed by atoms with Crippen molar-refractivity contribution in [1.82, 2.24) is 10.2 Å². The van der Waals surface area contributed by atoms with Crippen LogP contribution in [0.5, 0.6) is 0 Å². The molecular weight excluding hydrogens is 215 g/mol. The van der Waals surface area contributed by atoms with E-state index in [1.807, 2.05) is 19.2 Å². The molecular formula is C14H21FN2. The zero-order valence-corrected chi connectivity index (χ0v) is 10.6. The van der Waals surface area contributed by atoms with Gasteiger partial charge in [0.25, 0.3) is 0 Å². The molecule has 2 atom stereocenters. The van der Waals surface area contributed by atoms with Crippen LogP contribution in [0, 0.1) is 5.82 Å². The summed E-state index contributed by atoms with van der Waals surface area (Å²) in [5.41, 5.74) is 1.20. The summed E-state index contributed by atoms with van der Waals surface area (Å²) in [5, 5.41) is 3.25. The van der Waals surface area contributed by atoms with Crippen molar-refractivity contribution in [1.29, 1.82) is 0 Å². The Hall–Kier alpha value is -0.930. The summed E-state index contributed by atoms with van der Waals surface area (Å²) in [4.78, 5) is 2.52. The SMILES string of the molecule is CNCC1CCCN1C(C)c1ccc(F)cc1. The van der Waals surface area contributed by atoms with E-state index < -0.39 is 0 Å². The number of likely N-dealkylation sites (N-methyl/N-ethyl adjacent to an activating group) is 1. The maximum atomic E-state index is 12.9. The van der Waals surface area contributed by atoms with Crippen LogP contribution in [0.15, 0.2) is 24.3 Å². The first-order valence-electron chi connectivity index (χ1n) is 6.38. The van der Waals surface area contributed by atoms with E-state index in [0.29, 0.717) is 12.1 Å². The van der Waals surface area contributed by atoms with Crippen LogP contribution >= 0.6 is 0 Å². The first-order valence-corrected chi connectivity index (χ1v) is 6.38. The van der Waals surface area contributed by atoms with E-state index in [9.17, 15) is 4.39 Å². The molecule has 2 nitrogen and oxygen atoms in total. The highest BCUT2D eigenvalue weighted by atomic mass is 19.1. The zero-order chi connectivity index (χ0) is 12.3. The van der Waals surface area contributed by atoms with Gasteiger partial charge in [-0.05, 0) is 51.1 Å². The number of hydrogen-bond acceptors (Lipinski definition) is 2. The average molecular weight is 236 g/mol. The number of halogens is 1. The molecule has 2 unspecified atom stereocenters. The number of nitrogens with one attached hydrogen (secondary N) is 1. The van der Waals surface area contributed by atoms with E-state index in [1.165, 1.54) is 18.4 Å². The van der Waals surface area contributed by atoms with Gasteiger partial charge in [-0.1, -0.05) is 12.1 Å². The van der Waals surface area contributed by atoms with Gasteiger partial charge in [0.05, 0.1) is 0 Å². The molecule has 1 fully saturated rings. The Morgan fingerprint density at radius 2 is 2.12 bits per heavy atom. The molecule has 17 heavy (non-hydrogen) atoms. The summed E-state index contributed by atoms with van der Waals surface area (Å²) in [6.45, 7) is 4.39. The standard InChI is InChI=1S/C14H21FN2/c1-11(12-5-7-13(15)8-6-12)17-9-3-4-14(17)10-16-2/h5-8,11,14,16H,3-4,9-10H2,1-2H3. The molecule has 0 aromatic heterocycles. The van der Waals surface area contributed by atoms with Gasteiger partial charge in [-0.3, -0.25) is 4.90 Å². The van der Waals surface area contributed by atoms with E-state index in [1.54, 1.807) is 12.1 Å². The van der Waals surface area contributed by atoms with Gasteiger partial charge < -0.3 is 5.32 Å². The van der Waals surface area contributed by atoms with Crippen LogP contribution < -0.4 is 5.32 Å². The highest BCUT2D eigenvalue weighted by Gasteiger charge is 2.28. The van der Waals surface area contributed by atoms with Gasteiger partial charge in [-0.15, -0.1) is 0 Å². The van der Waals surface area contributed by atoms with Crippen molar-refractivity contribution in [3.05, 3.63) is 35.6 Å². The lowest BCUT2D eigenvalue weighted by Gasteiger charge is -2.31. The molecule has 0 radical (unpaired) electrons. The Morgan fingerprint density at radius 1 is 1.41 bits per heavy atom. The quantitative estimate of drug-likeness (QED) is 0.864. The van der Waals surface area contributed by atoms with E-state index in [0.717, 1.165) is 13.1 Å². The predicted octanol–water partition coefficient (Wildman–Crippen LogP) is 2.57. The van der Waals surface area contributed by atoms with Gasteiger partial charge in [0.2, 0.25) is 0 Å². The molecule has 1 N–H and O–H groups in total. The molecule has 0 bridgehead atoms. The van der Waals surface area contributed by atoms with Crippen LogP contribution in [-0.2, 0) is 0 Å². The molecule has 1 heterocycles. The first-order chi connectivity index (χ1) is 8.22. The Kier molecular flexibility index (Phi) is 4.13. The van der Waals surface area contributed by atoms with E-state index in [4.69, 9.17) is 0 Å². The van der Waals surface area contributed by atoms with E-state index in [2.05, 4.69) is 17.1 Å². The van der Waals surface area contributed by atoms with Gasteiger partial charge in [0, 0.05) is 18.6 Å². The van der Waals surface area contributed by atoms with Crippen molar-refractivity contribution in [3.63, 3.8) is 0 Å². The minimum atomic E-state index is -0.158. The highest BCUT2D eigenvalue weighted by Crippen LogP contribution is 2.28. The monoisotopic (exact) mass is 236 g/mol. The summed E-state index contributed by atoms with van der Waals surface area (Å²) in [5.74, 6) is -0.158. The van der Waals surface area contributed by atoms with Crippen molar-refractivity contribution < 1.29 is 4.39 Å². The summed E-state index contributed by atoms with van der Waals surface area (Å²) < 4.78 is 12.9. The fourth-order valence-corrected chi connectivity index (χ4v) is 2.76. The molecule has 0 saturated carbocycles. The second-order valence-electron chi connectivity index (χ2n) is 4.82. The lowest BCUT2D eigenvalue weighted by Crippen LogP contribution is -2.38. The van der Waals surface area contributed by atoms with E-state index in [-0.39, 0.29) is 5.82 Å². The minimum absolute atomic E-state index is 0.158. The second kappa shape index (κ2) is 5.61. The third kappa shape index (κ3) is 2.85. The van der Waals surface area contributed by atoms with Crippen LogP contribution in [0.1, 0.15) is 31.4 Å². The van der Waals surface area contributed by atoms with Crippen molar-refractivity contribution >= 4 is 0 Å². The normalized spacial score (nSPS) is 22.9. The van der Waals surface area contributed by atoms with Crippen LogP contribution in [-0.4, -0.2) is 31.1 Å². The summed E-state index contributed by atoms with van der Waals surface area (Å²) in [7, 11) is 2.00. The maximum Gasteiger partial charge on any atom is 0.123 e. The molecule has 1 aromatic rings. The molecule has 2 rings (SSSR count). The number of hydrogen-bond donors (Lipinski definition) is 1. The highest BCUT2D eigenvalue weighted by molar-refractivity contribution is 5.20. The number of rotatable bonds is 4. The maximum absolute atomic E-state index is 12.9. The fourth-order valence-electron chi connectivity index (χ4n) is 2.76. The van der Waals surface area contributed by atoms with Gasteiger partial charge in [-0.2, -0.15) is 0 Å². The lowest BCUT2D eigenvalue weighted by atomic mass is 10.1. The molecule has 1 saturated heterocycles. The summed E-state index contributed by atoms with van der Waals surface area (Å²) in [6, 6.07) is 7.88. The van der Waals surface area contributed by atoms with Crippen LogP contribution in [0.3, 0.4) is 0 Å². The van der Waals surface area contributed by atoms with Crippen LogP contribution in [0.2, 0.25) is 0 Å². The summed E-state index contributed by atoms with van der Waals surface area (Å²) in [6.07, 6.45) is 2.52. The predicted molar refractivity (Wildman–Crippen MR) is 68.5 cm³/mol. The Bertz CT molecular complexity index is 350. The molecule has 0 amide bonds. The molecule has 1 aliphatic heterocycles. The third-order valence-corrected chi connectivity index (χ3v) is 3.71. The molecule has 1 aliphatic rings. The van der Waals surface area contributed by atoms with Gasteiger partial charge in [0.1, 0.15) is 5.82 Å². The average Bonchev–Trinajstić information content (AvgIpc) is 2.78. The van der Waals surface area contributed by atoms with Gasteiger partial charge in [-0.25, -0.2) is 4.39 Å². The molecule has 94 valence electrons. The van der Waals surface area contributed by atoms with Crippen molar-refractivity contribution in [2.45, 2.75) is 31.8 Å². The molecule has 0 spiro atoms. The van der Waals surface area contributed by atoms with E-state index >= 15 is 0 Å². The van der Waals surface area contributed by atoms with Crippen molar-refractivity contribution in [2.24, 2.45) is 0 Å². The van der Waals surface area contributed by atoms with Gasteiger partial charge >= 0.3 is 0 Å². The van der Waals surface area contributed by atoms with Gasteiger partial charge in [0.15, 0.2) is 0 Å². The smallest absolute Gasteiger partial charge is 0.123 e. The lowest BCUT2D eigenvalue weighted by molar-refractivity contribution is 0.191. The second-order valence-corrected chi connectivity index (χ2v) is 4.82. The Balaban J connectivity index is 2.08. The molecule has 1 aromatic carbocycles. The molecule has 0 aliphatic carbocycles. The topological polar surface area (TPSA) is 15.3 Å². The summed E-state index contributed by atoms with van der Waals surface area (Å²) >= 11 is 0. The minimum Gasteiger partial charge on any atom is -0.318 e.